The number of rotatable bonds is 8. The number of allylic oxidation sites excluding steroid dienone is 12. The van der Waals surface area contributed by atoms with Crippen LogP contribution in [0.15, 0.2) is 134 Å². The second-order valence-electron chi connectivity index (χ2n) is 10.1. The van der Waals surface area contributed by atoms with E-state index >= 15 is 0 Å². The number of amides is 1. The molecule has 1 aliphatic heterocycles. The van der Waals surface area contributed by atoms with E-state index in [0.717, 1.165) is 5.57 Å². The van der Waals surface area contributed by atoms with Gasteiger partial charge in [0.05, 0.1) is 10.6 Å². The summed E-state index contributed by atoms with van der Waals surface area (Å²) in [6, 6.07) is -0.330. The molecule has 0 bridgehead atoms. The quantitative estimate of drug-likeness (QED) is 0.242. The smallest absolute Gasteiger partial charge is 0.262 e. The Morgan fingerprint density at radius 1 is 1.14 bits per heavy atom. The number of guanidine groups is 1. The van der Waals surface area contributed by atoms with Gasteiger partial charge >= 0.3 is 0 Å². The number of carbonyl (C=O) groups excluding carboxylic acids is 1. The maximum absolute atomic E-state index is 14.0. The number of hydrogen-bond acceptors (Lipinski definition) is 4. The molecule has 4 N–H and O–H groups in total. The first-order valence-electron chi connectivity index (χ1n) is 13.6. The molecule has 2 atom stereocenters. The molecule has 0 aromatic rings. The third kappa shape index (κ3) is 8.70. The molecule has 1 fully saturated rings. The number of carbonyl (C=O) groups is 1. The Labute approximate surface area is 252 Å². The minimum atomic E-state index is -3.73. The van der Waals surface area contributed by atoms with E-state index < -0.39 is 10.0 Å². The van der Waals surface area contributed by atoms with E-state index in [9.17, 15) is 13.2 Å². The fraction of sp³-hybridized carbons (Fsp3) is 0.250. The molecule has 2 unspecified atom stereocenters. The first kappa shape index (κ1) is 30.8. The van der Waals surface area contributed by atoms with Crippen LogP contribution < -0.4 is 11.5 Å². The van der Waals surface area contributed by atoms with Gasteiger partial charge in [-0.1, -0.05) is 61.1 Å². The summed E-state index contributed by atoms with van der Waals surface area (Å²) in [5, 5.41) is 1.62. The van der Waals surface area contributed by atoms with Crippen LogP contribution in [-0.4, -0.2) is 55.2 Å². The zero-order valence-electron chi connectivity index (χ0n) is 23.4. The number of nitrogens with two attached hydrogens (primary N) is 2. The van der Waals surface area contributed by atoms with E-state index in [2.05, 4.69) is 35.5 Å². The molecule has 3 aliphatic carbocycles. The van der Waals surface area contributed by atoms with E-state index in [0.29, 0.717) is 47.8 Å². The maximum Gasteiger partial charge on any atom is 0.262 e. The molecule has 0 radical (unpaired) electrons. The summed E-state index contributed by atoms with van der Waals surface area (Å²) in [5.74, 6) is -0.00574. The predicted molar refractivity (Wildman–Crippen MR) is 169 cm³/mol. The summed E-state index contributed by atoms with van der Waals surface area (Å²) >= 11 is 5.97. The lowest BCUT2D eigenvalue weighted by Gasteiger charge is -2.29. The molecule has 4 rings (SSSR count). The van der Waals surface area contributed by atoms with E-state index in [-0.39, 0.29) is 30.4 Å². The van der Waals surface area contributed by atoms with Crippen molar-refractivity contribution in [1.82, 2.24) is 9.21 Å². The zero-order chi connectivity index (χ0) is 30.1. The van der Waals surface area contributed by atoms with Crippen LogP contribution in [0.5, 0.6) is 0 Å². The van der Waals surface area contributed by atoms with Gasteiger partial charge in [0, 0.05) is 43.2 Å². The number of nitrogens with zero attached hydrogens (tertiary/aromatic N) is 3. The summed E-state index contributed by atoms with van der Waals surface area (Å²) in [6.07, 6.45) is 26.2. The molecular formula is C32H34ClN5O3S. The Kier molecular flexibility index (Phi) is 10.4. The van der Waals surface area contributed by atoms with Gasteiger partial charge in [0.2, 0.25) is 10.0 Å². The SMILES string of the molecule is CC1C=CC=C(CN(C(=O)C2=C=C/C=C(/N=C(N)N)C/C=C\2)C2CCN(S(=O)(=O)/C=C/C3=CC=C=C(Cl)C=C3)C2)C=C1. The Hall–Kier alpha value is -4.10. The molecule has 1 amide bonds. The molecule has 4 aliphatic rings. The largest absolute Gasteiger partial charge is 0.370 e. The minimum absolute atomic E-state index is 0.0422. The Morgan fingerprint density at radius 3 is 2.76 bits per heavy atom. The van der Waals surface area contributed by atoms with E-state index in [1.165, 1.54) is 15.8 Å². The van der Waals surface area contributed by atoms with E-state index in [4.69, 9.17) is 23.1 Å². The average molecular weight is 604 g/mol. The topological polar surface area (TPSA) is 122 Å². The Morgan fingerprint density at radius 2 is 1.95 bits per heavy atom. The summed E-state index contributed by atoms with van der Waals surface area (Å²) in [5.41, 5.74) is 19.5. The molecule has 0 spiro atoms. The van der Waals surface area contributed by atoms with Crippen LogP contribution in [0.2, 0.25) is 0 Å². The normalized spacial score (nSPS) is 24.4. The highest BCUT2D eigenvalue weighted by atomic mass is 35.5. The van der Waals surface area contributed by atoms with Gasteiger partial charge in [0.15, 0.2) is 5.96 Å². The van der Waals surface area contributed by atoms with Gasteiger partial charge < -0.3 is 16.4 Å². The van der Waals surface area contributed by atoms with Gasteiger partial charge in [-0.25, -0.2) is 13.4 Å². The summed E-state index contributed by atoms with van der Waals surface area (Å²) in [6.45, 7) is 2.89. The molecule has 0 saturated carbocycles. The summed E-state index contributed by atoms with van der Waals surface area (Å²) in [4.78, 5) is 19.8. The lowest BCUT2D eigenvalue weighted by atomic mass is 10.1. The predicted octanol–water partition coefficient (Wildman–Crippen LogP) is 4.39. The number of halogens is 1. The fourth-order valence-electron chi connectivity index (χ4n) is 4.64. The van der Waals surface area contributed by atoms with Crippen LogP contribution >= 0.6 is 11.6 Å². The molecule has 42 heavy (non-hydrogen) atoms. The molecule has 1 heterocycles. The molecule has 1 saturated heterocycles. The van der Waals surface area contributed by atoms with Crippen LogP contribution in [0.1, 0.15) is 19.8 Å². The Balaban J connectivity index is 1.58. The van der Waals surface area contributed by atoms with Crippen molar-refractivity contribution in [1.29, 1.82) is 0 Å². The standard InChI is InChI=1S/C32H34ClN5O3S/c1-24-6-2-8-26(15-14-24)22-38(31(39)27-9-4-12-29(13-5-10-27)36-32(34)35)30-18-20-37(23-30)42(40,41)21-19-25-7-3-11-28(33)17-16-25/h2-9,13-17,19,21,24,30H,12,18,20,22-23H2,1H3,(H4,34,35,36)/b9-4-,21-19+,29-13+. The van der Waals surface area contributed by atoms with Crippen LogP contribution in [0.4, 0.5) is 0 Å². The lowest BCUT2D eigenvalue weighted by Crippen LogP contribution is -2.44. The third-order valence-corrected chi connectivity index (χ3v) is 8.63. The molecule has 10 heteroatoms. The third-order valence-electron chi connectivity index (χ3n) is 6.86. The highest BCUT2D eigenvalue weighted by Crippen LogP contribution is 2.24. The minimum Gasteiger partial charge on any atom is -0.370 e. The number of hydrogen-bond donors (Lipinski definition) is 2. The first-order chi connectivity index (χ1) is 20.1. The average Bonchev–Trinajstić information content (AvgIpc) is 3.22. The lowest BCUT2D eigenvalue weighted by molar-refractivity contribution is -0.128. The molecule has 218 valence electrons. The van der Waals surface area contributed by atoms with Crippen LogP contribution in [0, 0.1) is 5.92 Å². The van der Waals surface area contributed by atoms with E-state index in [1.54, 1.807) is 47.4 Å². The molecule has 8 nitrogen and oxygen atoms in total. The van der Waals surface area contributed by atoms with Gasteiger partial charge in [0.1, 0.15) is 0 Å². The summed E-state index contributed by atoms with van der Waals surface area (Å²) in [7, 11) is -3.73. The van der Waals surface area contributed by atoms with Crippen molar-refractivity contribution in [3.63, 3.8) is 0 Å². The Bertz CT molecular complexity index is 1620. The zero-order valence-corrected chi connectivity index (χ0v) is 24.9. The van der Waals surface area contributed by atoms with Crippen molar-refractivity contribution in [2.24, 2.45) is 22.4 Å². The van der Waals surface area contributed by atoms with Crippen molar-refractivity contribution in [3.8, 4) is 0 Å². The van der Waals surface area contributed by atoms with Gasteiger partial charge in [-0.15, -0.1) is 11.5 Å². The molecule has 0 aromatic carbocycles. The van der Waals surface area contributed by atoms with Crippen molar-refractivity contribution in [3.05, 3.63) is 129 Å². The maximum atomic E-state index is 14.0. The van der Waals surface area contributed by atoms with Crippen LogP contribution in [0.3, 0.4) is 0 Å². The second kappa shape index (κ2) is 14.2. The van der Waals surface area contributed by atoms with Crippen molar-refractivity contribution in [2.75, 3.05) is 19.6 Å². The summed E-state index contributed by atoms with van der Waals surface area (Å²) < 4.78 is 27.9. The molecular weight excluding hydrogens is 570 g/mol. The highest BCUT2D eigenvalue weighted by molar-refractivity contribution is 7.92. The number of sulfonamides is 1. The monoisotopic (exact) mass is 603 g/mol. The van der Waals surface area contributed by atoms with Crippen molar-refractivity contribution in [2.45, 2.75) is 25.8 Å². The fourth-order valence-corrected chi connectivity index (χ4v) is 6.01. The van der Waals surface area contributed by atoms with Gasteiger partial charge in [0.25, 0.3) is 5.91 Å². The molecule has 0 aromatic heterocycles. The second-order valence-corrected chi connectivity index (χ2v) is 12.3. The van der Waals surface area contributed by atoms with Gasteiger partial charge in [-0.2, -0.15) is 4.31 Å². The first-order valence-corrected chi connectivity index (χ1v) is 15.5. The van der Waals surface area contributed by atoms with Crippen molar-refractivity contribution >= 4 is 33.5 Å². The highest BCUT2D eigenvalue weighted by Gasteiger charge is 2.36. The van der Waals surface area contributed by atoms with Crippen LogP contribution in [-0.2, 0) is 14.8 Å². The van der Waals surface area contributed by atoms with Gasteiger partial charge in [-0.05, 0) is 66.0 Å². The van der Waals surface area contributed by atoms with Crippen molar-refractivity contribution < 1.29 is 13.2 Å². The number of aliphatic imine (C=N–C) groups is 1. The van der Waals surface area contributed by atoms with E-state index in [1.807, 2.05) is 24.3 Å². The van der Waals surface area contributed by atoms with Gasteiger partial charge in [-0.3, -0.25) is 4.79 Å². The van der Waals surface area contributed by atoms with Crippen LogP contribution in [0.25, 0.3) is 0 Å².